The van der Waals surface area contributed by atoms with Crippen LogP contribution in [0, 0.1) is 0 Å². The van der Waals surface area contributed by atoms with Gasteiger partial charge in [0.15, 0.2) is 0 Å². The first-order chi connectivity index (χ1) is 14.9. The lowest BCUT2D eigenvalue weighted by Gasteiger charge is -2.15. The molecular formula is C25H21ClN2O2S. The maximum atomic E-state index is 13.3. The molecule has 0 unspecified atom stereocenters. The van der Waals surface area contributed by atoms with Crippen molar-refractivity contribution in [3.63, 3.8) is 0 Å². The first-order valence-electron chi connectivity index (χ1n) is 9.92. The molecule has 2 amide bonds. The normalized spacial score (nSPS) is 14.0. The molecule has 0 bridgehead atoms. The van der Waals surface area contributed by atoms with Crippen molar-refractivity contribution in [1.29, 1.82) is 0 Å². The summed E-state index contributed by atoms with van der Waals surface area (Å²) in [6.07, 6.45) is 0. The molecule has 156 valence electrons. The van der Waals surface area contributed by atoms with E-state index in [-0.39, 0.29) is 11.6 Å². The van der Waals surface area contributed by atoms with E-state index in [1.54, 1.807) is 24.3 Å². The first-order valence-corrected chi connectivity index (χ1v) is 11.1. The first kappa shape index (κ1) is 21.2. The Bertz CT molecular complexity index is 1140. The summed E-state index contributed by atoms with van der Waals surface area (Å²) < 4.78 is 0. The molecule has 0 saturated carbocycles. The van der Waals surface area contributed by atoms with Gasteiger partial charge in [0, 0.05) is 15.6 Å². The van der Waals surface area contributed by atoms with Crippen LogP contribution in [-0.4, -0.2) is 11.8 Å². The number of carbonyl (C=O) groups is 2. The zero-order valence-corrected chi connectivity index (χ0v) is 18.7. The summed E-state index contributed by atoms with van der Waals surface area (Å²) >= 11 is 7.26. The zero-order valence-electron chi connectivity index (χ0n) is 17.1. The average Bonchev–Trinajstić information content (AvgIpc) is 2.99. The molecule has 0 saturated heterocycles. The highest BCUT2D eigenvalue weighted by atomic mass is 35.5. The Morgan fingerprint density at radius 2 is 1.48 bits per heavy atom. The molecule has 0 atom stereocenters. The molecule has 0 aliphatic carbocycles. The molecule has 1 heterocycles. The second kappa shape index (κ2) is 9.00. The molecule has 1 aliphatic rings. The number of thioether (sulfide) groups is 1. The minimum atomic E-state index is -0.390. The molecule has 0 radical (unpaired) electrons. The third-order valence-electron chi connectivity index (χ3n) is 4.94. The van der Waals surface area contributed by atoms with E-state index in [4.69, 9.17) is 11.6 Å². The molecule has 3 aromatic carbocycles. The SMILES string of the molecule is CC(C)c1ccc(NC2=C(Sc3ccccc3)C(=O)N(c3ccc(Cl)cc3)C2=O)cc1. The lowest BCUT2D eigenvalue weighted by Crippen LogP contribution is -2.32. The van der Waals surface area contributed by atoms with E-state index in [9.17, 15) is 9.59 Å². The van der Waals surface area contributed by atoms with Crippen molar-refractivity contribution >= 4 is 46.6 Å². The van der Waals surface area contributed by atoms with E-state index in [0.717, 1.165) is 10.6 Å². The summed E-state index contributed by atoms with van der Waals surface area (Å²) in [7, 11) is 0. The lowest BCUT2D eigenvalue weighted by molar-refractivity contribution is -0.120. The van der Waals surface area contributed by atoms with Crippen molar-refractivity contribution in [2.24, 2.45) is 0 Å². The third-order valence-corrected chi connectivity index (χ3v) is 6.28. The second-order valence-electron chi connectivity index (χ2n) is 7.44. The molecule has 31 heavy (non-hydrogen) atoms. The van der Waals surface area contributed by atoms with Gasteiger partial charge in [0.05, 0.1) is 5.69 Å². The van der Waals surface area contributed by atoms with Gasteiger partial charge in [-0.1, -0.05) is 67.5 Å². The monoisotopic (exact) mass is 448 g/mol. The lowest BCUT2D eigenvalue weighted by atomic mass is 10.0. The summed E-state index contributed by atoms with van der Waals surface area (Å²) in [6.45, 7) is 4.26. The molecule has 3 aromatic rings. The fourth-order valence-corrected chi connectivity index (χ4v) is 4.32. The van der Waals surface area contributed by atoms with Crippen LogP contribution in [-0.2, 0) is 9.59 Å². The number of benzene rings is 3. The van der Waals surface area contributed by atoms with Gasteiger partial charge in [-0.15, -0.1) is 0 Å². The second-order valence-corrected chi connectivity index (χ2v) is 8.96. The number of nitrogens with one attached hydrogen (secondary N) is 1. The van der Waals surface area contributed by atoms with Gasteiger partial charge in [-0.25, -0.2) is 4.90 Å². The van der Waals surface area contributed by atoms with Crippen molar-refractivity contribution in [2.75, 3.05) is 10.2 Å². The van der Waals surface area contributed by atoms with E-state index < -0.39 is 5.91 Å². The van der Waals surface area contributed by atoms with Crippen LogP contribution < -0.4 is 10.2 Å². The standard InChI is InChI=1S/C25H21ClN2O2S/c1-16(2)17-8-12-19(13-9-17)27-22-23(31-21-6-4-3-5-7-21)25(30)28(24(22)29)20-14-10-18(26)11-15-20/h3-16,27H,1-2H3. The molecular weight excluding hydrogens is 428 g/mol. The number of anilines is 2. The number of halogens is 1. The molecule has 0 spiro atoms. The van der Waals surface area contributed by atoms with Crippen LogP contribution in [0.25, 0.3) is 0 Å². The van der Waals surface area contributed by atoms with Crippen molar-refractivity contribution < 1.29 is 9.59 Å². The van der Waals surface area contributed by atoms with Gasteiger partial charge < -0.3 is 5.32 Å². The van der Waals surface area contributed by atoms with E-state index >= 15 is 0 Å². The maximum Gasteiger partial charge on any atom is 0.283 e. The minimum absolute atomic E-state index is 0.270. The van der Waals surface area contributed by atoms with Gasteiger partial charge in [-0.2, -0.15) is 0 Å². The van der Waals surface area contributed by atoms with Crippen LogP contribution in [0.3, 0.4) is 0 Å². The summed E-state index contributed by atoms with van der Waals surface area (Å²) in [5.74, 6) is -0.339. The highest BCUT2D eigenvalue weighted by Gasteiger charge is 2.40. The van der Waals surface area contributed by atoms with Crippen LogP contribution >= 0.6 is 23.4 Å². The molecule has 4 nitrogen and oxygen atoms in total. The quantitative estimate of drug-likeness (QED) is 0.440. The highest BCUT2D eigenvalue weighted by molar-refractivity contribution is 8.04. The minimum Gasteiger partial charge on any atom is -0.350 e. The van der Waals surface area contributed by atoms with Crippen molar-refractivity contribution in [3.8, 4) is 0 Å². The van der Waals surface area contributed by atoms with Gasteiger partial charge in [0.1, 0.15) is 10.6 Å². The third kappa shape index (κ3) is 4.53. The van der Waals surface area contributed by atoms with Crippen LogP contribution in [0.4, 0.5) is 11.4 Å². The van der Waals surface area contributed by atoms with Gasteiger partial charge in [0.25, 0.3) is 11.8 Å². The van der Waals surface area contributed by atoms with Crippen molar-refractivity contribution in [3.05, 3.63) is 100 Å². The number of hydrogen-bond acceptors (Lipinski definition) is 4. The Labute approximate surface area is 190 Å². The average molecular weight is 449 g/mol. The van der Waals surface area contributed by atoms with E-state index in [0.29, 0.717) is 21.5 Å². The number of rotatable bonds is 6. The molecule has 0 fully saturated rings. The van der Waals surface area contributed by atoms with Crippen LogP contribution in [0.5, 0.6) is 0 Å². The van der Waals surface area contributed by atoms with E-state index in [1.165, 1.54) is 22.2 Å². The molecule has 4 rings (SSSR count). The maximum absolute atomic E-state index is 13.3. The van der Waals surface area contributed by atoms with Crippen LogP contribution in [0.1, 0.15) is 25.3 Å². The predicted molar refractivity (Wildman–Crippen MR) is 127 cm³/mol. The van der Waals surface area contributed by atoms with Gasteiger partial charge in [0.2, 0.25) is 0 Å². The van der Waals surface area contributed by atoms with Crippen LogP contribution in [0.15, 0.2) is 94.4 Å². The number of imide groups is 1. The van der Waals surface area contributed by atoms with Gasteiger partial charge in [-0.3, -0.25) is 9.59 Å². The fraction of sp³-hybridized carbons (Fsp3) is 0.120. The zero-order chi connectivity index (χ0) is 22.0. The van der Waals surface area contributed by atoms with Gasteiger partial charge >= 0.3 is 0 Å². The molecule has 1 N–H and O–H groups in total. The molecule has 1 aliphatic heterocycles. The number of carbonyl (C=O) groups excluding carboxylic acids is 2. The number of amides is 2. The van der Waals surface area contributed by atoms with Crippen LogP contribution in [0.2, 0.25) is 5.02 Å². The van der Waals surface area contributed by atoms with E-state index in [1.807, 2.05) is 54.6 Å². The number of nitrogens with zero attached hydrogens (tertiary/aromatic N) is 1. The Morgan fingerprint density at radius 3 is 2.10 bits per heavy atom. The Kier molecular flexibility index (Phi) is 6.16. The Balaban J connectivity index is 1.71. The van der Waals surface area contributed by atoms with Crippen molar-refractivity contribution in [2.45, 2.75) is 24.7 Å². The summed E-state index contributed by atoms with van der Waals surface area (Å²) in [6, 6.07) is 24.1. The molecule has 6 heteroatoms. The highest BCUT2D eigenvalue weighted by Crippen LogP contribution is 2.38. The Morgan fingerprint density at radius 1 is 0.839 bits per heavy atom. The Hall–Kier alpha value is -3.02. The predicted octanol–water partition coefficient (Wildman–Crippen LogP) is 6.45. The van der Waals surface area contributed by atoms with Gasteiger partial charge in [-0.05, 0) is 60.0 Å². The van der Waals surface area contributed by atoms with Crippen molar-refractivity contribution in [1.82, 2.24) is 0 Å². The van der Waals surface area contributed by atoms with E-state index in [2.05, 4.69) is 19.2 Å². The fourth-order valence-electron chi connectivity index (χ4n) is 3.24. The summed E-state index contributed by atoms with van der Waals surface area (Å²) in [5.41, 5.74) is 2.71. The number of hydrogen-bond donors (Lipinski definition) is 1. The summed E-state index contributed by atoms with van der Waals surface area (Å²) in [5, 5.41) is 3.73. The summed E-state index contributed by atoms with van der Waals surface area (Å²) in [4.78, 5) is 29.1. The smallest absolute Gasteiger partial charge is 0.283 e. The topological polar surface area (TPSA) is 49.4 Å². The molecule has 0 aromatic heterocycles. The largest absolute Gasteiger partial charge is 0.350 e.